The second kappa shape index (κ2) is 4.43. The molecule has 1 unspecified atom stereocenters. The molecule has 0 aromatic rings. The van der Waals surface area contributed by atoms with Crippen molar-refractivity contribution in [1.82, 2.24) is 11.1 Å². The molecule has 0 amide bonds. The number of hydrogen-bond acceptors (Lipinski definition) is 4. The Bertz CT molecular complexity index is 173. The van der Waals surface area contributed by atoms with Gasteiger partial charge in [0.15, 0.2) is 10.9 Å². The first-order valence-electron chi connectivity index (χ1n) is 2.39. The number of hydrazine groups is 2. The Kier molecular flexibility index (Phi) is 3.79. The molecule has 0 aromatic heterocycles. The van der Waals surface area contributed by atoms with E-state index in [9.17, 15) is 4.91 Å². The van der Waals surface area contributed by atoms with Crippen molar-refractivity contribution in [3.8, 4) is 6.07 Å². The van der Waals surface area contributed by atoms with Crippen LogP contribution in [0.5, 0.6) is 0 Å². The van der Waals surface area contributed by atoms with Gasteiger partial charge in [0, 0.05) is 0 Å². The number of hydrogen-bond donors (Lipinski definition) is 3. The Morgan fingerprint density at radius 1 is 1.90 bits per heavy atom. The smallest absolute Gasteiger partial charge is 0.293 e. The van der Waals surface area contributed by atoms with Crippen LogP contribution in [0.2, 0.25) is 0 Å². The summed E-state index contributed by atoms with van der Waals surface area (Å²) in [6.07, 6.45) is 1.14. The highest BCUT2D eigenvalue weighted by Gasteiger charge is 2.20. The predicted octanol–water partition coefficient (Wildman–Crippen LogP) is -0.758. The lowest BCUT2D eigenvalue weighted by atomic mass is 10.3. The van der Waals surface area contributed by atoms with Crippen molar-refractivity contribution in [3.05, 3.63) is 17.6 Å². The average Bonchev–Trinajstić information content (AvgIpc) is 1.91. The predicted molar refractivity (Wildman–Crippen MR) is 31.3 cm³/mol. The van der Waals surface area contributed by atoms with E-state index in [0.29, 0.717) is 0 Å². The molecule has 0 radical (unpaired) electrons. The van der Waals surface area contributed by atoms with Crippen molar-refractivity contribution in [2.24, 2.45) is 0 Å². The second-order valence-corrected chi connectivity index (χ2v) is 1.36. The molecule has 0 aromatic carbocycles. The molecule has 0 bridgehead atoms. The molecule has 54 valence electrons. The number of nitroso groups, excluding NO2 is 1. The van der Waals surface area contributed by atoms with Crippen molar-refractivity contribution in [3.63, 3.8) is 0 Å². The molecule has 0 heterocycles. The molecule has 0 rings (SSSR count). The van der Waals surface area contributed by atoms with Gasteiger partial charge >= 0.3 is 6.04 Å². The maximum atomic E-state index is 10.5. The lowest BCUT2D eigenvalue weighted by molar-refractivity contribution is -0.637. The van der Waals surface area contributed by atoms with Crippen molar-refractivity contribution < 1.29 is 10.1 Å². The van der Waals surface area contributed by atoms with Gasteiger partial charge in [0.1, 0.15) is 0 Å². The SMILES string of the molecule is C=CC(C#N)[N+](=O)NNO. The minimum atomic E-state index is -1.01. The molecule has 10 heavy (non-hydrogen) atoms. The summed E-state index contributed by atoms with van der Waals surface area (Å²) < 4.78 is 0. The molecule has 3 N–H and O–H groups in total. The maximum Gasteiger partial charge on any atom is 0.337 e. The second-order valence-electron chi connectivity index (χ2n) is 1.36. The third-order valence-electron chi connectivity index (χ3n) is 0.768. The van der Waals surface area contributed by atoms with Gasteiger partial charge in [-0.25, -0.2) is 0 Å². The molecule has 0 fully saturated rings. The highest BCUT2D eigenvalue weighted by molar-refractivity contribution is 4.95. The van der Waals surface area contributed by atoms with E-state index in [1.165, 1.54) is 5.59 Å². The van der Waals surface area contributed by atoms with E-state index in [1.54, 1.807) is 11.6 Å². The molecule has 0 saturated carbocycles. The Morgan fingerprint density at radius 3 is 2.80 bits per heavy atom. The van der Waals surface area contributed by atoms with Crippen molar-refractivity contribution in [1.29, 1.82) is 5.26 Å². The molecule has 6 nitrogen and oxygen atoms in total. The molecule has 1 atom stereocenters. The Morgan fingerprint density at radius 2 is 2.50 bits per heavy atom. The van der Waals surface area contributed by atoms with Gasteiger partial charge < -0.3 is 0 Å². The van der Waals surface area contributed by atoms with Crippen LogP contribution in [0.3, 0.4) is 0 Å². The standard InChI is InChI=1S/C4H7N4O2/c1-2-4(3-5)8(10)6-7-9/h2,4,7H,1H2,(H2,6,9,10)/q+1. The first-order chi connectivity index (χ1) is 4.76. The monoisotopic (exact) mass is 143 g/mol. The van der Waals surface area contributed by atoms with Gasteiger partial charge in [-0.2, -0.15) is 5.26 Å². The summed E-state index contributed by atoms with van der Waals surface area (Å²) in [4.78, 5) is 10.6. The van der Waals surface area contributed by atoms with Crippen molar-refractivity contribution >= 4 is 0 Å². The topological polar surface area (TPSA) is 88.2 Å². The summed E-state index contributed by atoms with van der Waals surface area (Å²) in [5.74, 6) is 0. The molecule has 0 aliphatic heterocycles. The number of rotatable bonds is 4. The first kappa shape index (κ1) is 8.55. The lowest BCUT2D eigenvalue weighted by Crippen LogP contribution is -2.41. The summed E-state index contributed by atoms with van der Waals surface area (Å²) in [5.41, 5.74) is 3.12. The summed E-state index contributed by atoms with van der Waals surface area (Å²) in [5, 5.41) is 16.1. The molecule has 0 aliphatic rings. The molecule has 6 heteroatoms. The van der Waals surface area contributed by atoms with Crippen LogP contribution in [0.15, 0.2) is 12.7 Å². The summed E-state index contributed by atoms with van der Waals surface area (Å²) in [6, 6.07) is 0.604. The van der Waals surface area contributed by atoms with Crippen LogP contribution in [0.4, 0.5) is 0 Å². The third-order valence-corrected chi connectivity index (χ3v) is 0.768. The van der Waals surface area contributed by atoms with Gasteiger partial charge in [-0.1, -0.05) is 17.7 Å². The minimum Gasteiger partial charge on any atom is -0.293 e. The van der Waals surface area contributed by atoms with Gasteiger partial charge in [0.25, 0.3) is 0 Å². The zero-order valence-corrected chi connectivity index (χ0v) is 5.11. The van der Waals surface area contributed by atoms with Crippen LogP contribution < -0.4 is 11.1 Å². The van der Waals surface area contributed by atoms with Crippen LogP contribution in [0.1, 0.15) is 0 Å². The molecular weight excluding hydrogens is 136 g/mol. The molecule has 0 saturated heterocycles. The van der Waals surface area contributed by atoms with E-state index in [0.717, 1.165) is 6.08 Å². The Labute approximate surface area is 57.2 Å². The van der Waals surface area contributed by atoms with Gasteiger partial charge in [-0.15, -0.1) is 0 Å². The highest BCUT2D eigenvalue weighted by atomic mass is 16.5. The summed E-state index contributed by atoms with van der Waals surface area (Å²) >= 11 is 0. The number of nitrogens with one attached hydrogen (secondary N) is 2. The van der Waals surface area contributed by atoms with Crippen LogP contribution in [0.25, 0.3) is 0 Å². The number of nitrogens with zero attached hydrogens (tertiary/aromatic N) is 2. The van der Waals surface area contributed by atoms with Crippen LogP contribution in [-0.2, 0) is 0 Å². The van der Waals surface area contributed by atoms with E-state index in [4.69, 9.17) is 10.5 Å². The number of nitriles is 1. The normalized spacial score (nSPS) is 11.2. The van der Waals surface area contributed by atoms with Crippen LogP contribution >= 0.6 is 0 Å². The maximum absolute atomic E-state index is 10.5. The van der Waals surface area contributed by atoms with E-state index in [2.05, 4.69) is 6.58 Å². The van der Waals surface area contributed by atoms with Gasteiger partial charge in [-0.3, -0.25) is 5.21 Å². The van der Waals surface area contributed by atoms with E-state index < -0.39 is 6.04 Å². The summed E-state index contributed by atoms with van der Waals surface area (Å²) in [7, 11) is 0. The summed E-state index contributed by atoms with van der Waals surface area (Å²) in [6.45, 7) is 3.22. The van der Waals surface area contributed by atoms with E-state index in [1.807, 2.05) is 0 Å². The third kappa shape index (κ3) is 2.21. The van der Waals surface area contributed by atoms with Gasteiger partial charge in [0.05, 0.1) is 4.91 Å². The largest absolute Gasteiger partial charge is 0.337 e. The zero-order chi connectivity index (χ0) is 7.98. The minimum absolute atomic E-state index is 0.118. The fourth-order valence-corrected chi connectivity index (χ4v) is 0.320. The Balaban J connectivity index is 3.92. The van der Waals surface area contributed by atoms with E-state index in [-0.39, 0.29) is 4.87 Å². The molecule has 0 aliphatic carbocycles. The average molecular weight is 143 g/mol. The van der Waals surface area contributed by atoms with Crippen molar-refractivity contribution in [2.45, 2.75) is 6.04 Å². The quantitative estimate of drug-likeness (QED) is 0.273. The Hall–Kier alpha value is -1.45. The van der Waals surface area contributed by atoms with Crippen molar-refractivity contribution in [2.75, 3.05) is 0 Å². The molecule has 0 spiro atoms. The fraction of sp³-hybridized carbons (Fsp3) is 0.250. The van der Waals surface area contributed by atoms with Gasteiger partial charge in [0.2, 0.25) is 0 Å². The zero-order valence-electron chi connectivity index (χ0n) is 5.11. The van der Waals surface area contributed by atoms with Gasteiger partial charge in [-0.05, 0) is 6.08 Å². The van der Waals surface area contributed by atoms with E-state index >= 15 is 0 Å². The van der Waals surface area contributed by atoms with Crippen LogP contribution in [0, 0.1) is 16.2 Å². The first-order valence-corrected chi connectivity index (χ1v) is 2.39. The van der Waals surface area contributed by atoms with Crippen LogP contribution in [-0.4, -0.2) is 16.1 Å². The lowest BCUT2D eigenvalue weighted by Gasteiger charge is -1.92. The highest BCUT2D eigenvalue weighted by Crippen LogP contribution is 1.84. The molecular formula is C4H7N4O2+. The fourth-order valence-electron chi connectivity index (χ4n) is 0.320.